The van der Waals surface area contributed by atoms with Crippen LogP contribution >= 0.6 is 0 Å². The van der Waals surface area contributed by atoms with E-state index in [1.54, 1.807) is 11.4 Å². The summed E-state index contributed by atoms with van der Waals surface area (Å²) in [7, 11) is -1.33. The maximum atomic E-state index is 11.5. The Morgan fingerprint density at radius 2 is 1.71 bits per heavy atom. The summed E-state index contributed by atoms with van der Waals surface area (Å²) in [6.45, 7) is 8.55. The molecule has 1 saturated heterocycles. The molecule has 0 unspecified atom stereocenters. The first kappa shape index (κ1) is 14.9. The van der Waals surface area contributed by atoms with Gasteiger partial charge in [0.1, 0.15) is 0 Å². The van der Waals surface area contributed by atoms with Crippen LogP contribution in [0.4, 0.5) is 0 Å². The van der Waals surface area contributed by atoms with Gasteiger partial charge in [0.2, 0.25) is 10.0 Å². The molecule has 0 spiro atoms. The summed E-state index contributed by atoms with van der Waals surface area (Å²) in [5, 5.41) is 0. The molecule has 0 aromatic heterocycles. The number of hydrogen-bond donors (Lipinski definition) is 0. The minimum atomic E-state index is -3.04. The molecule has 1 aliphatic rings. The minimum Gasteiger partial charge on any atom is -0.384 e. The first-order chi connectivity index (χ1) is 7.62. The van der Waals surface area contributed by atoms with Gasteiger partial charge in [0.05, 0.1) is 12.9 Å². The summed E-state index contributed by atoms with van der Waals surface area (Å²) in [6.07, 6.45) is 3.03. The van der Waals surface area contributed by atoms with Gasteiger partial charge in [-0.1, -0.05) is 20.8 Å². The van der Waals surface area contributed by atoms with Gasteiger partial charge in [-0.25, -0.2) is 12.7 Å². The predicted molar refractivity (Wildman–Crippen MR) is 69.4 cm³/mol. The van der Waals surface area contributed by atoms with Crippen LogP contribution in [-0.2, 0) is 14.8 Å². The van der Waals surface area contributed by atoms with Crippen LogP contribution in [0.3, 0.4) is 0 Å². The van der Waals surface area contributed by atoms with Gasteiger partial charge in [-0.2, -0.15) is 0 Å². The molecule has 0 saturated carbocycles. The van der Waals surface area contributed by atoms with Crippen molar-refractivity contribution in [3.05, 3.63) is 0 Å². The minimum absolute atomic E-state index is 0.0863. The number of nitrogens with zero attached hydrogens (tertiary/aromatic N) is 1. The van der Waals surface area contributed by atoms with E-state index in [2.05, 4.69) is 20.8 Å². The van der Waals surface area contributed by atoms with Crippen molar-refractivity contribution in [3.63, 3.8) is 0 Å². The smallest absolute Gasteiger partial charge is 0.211 e. The van der Waals surface area contributed by atoms with E-state index >= 15 is 0 Å². The largest absolute Gasteiger partial charge is 0.384 e. The van der Waals surface area contributed by atoms with Crippen molar-refractivity contribution in [2.24, 2.45) is 10.8 Å². The second kappa shape index (κ2) is 4.86. The van der Waals surface area contributed by atoms with E-state index in [0.717, 1.165) is 12.8 Å². The van der Waals surface area contributed by atoms with Gasteiger partial charge < -0.3 is 4.74 Å². The molecule has 0 radical (unpaired) electrons. The molecule has 17 heavy (non-hydrogen) atoms. The fourth-order valence-corrected chi connectivity index (χ4v) is 3.48. The average Bonchev–Trinajstić information content (AvgIpc) is 2.15. The lowest BCUT2D eigenvalue weighted by atomic mass is 9.62. The summed E-state index contributed by atoms with van der Waals surface area (Å²) in [4.78, 5) is 0. The normalized spacial score (nSPS) is 22.6. The Morgan fingerprint density at radius 3 is 2.00 bits per heavy atom. The zero-order valence-corrected chi connectivity index (χ0v) is 12.4. The van der Waals surface area contributed by atoms with E-state index in [9.17, 15) is 8.42 Å². The van der Waals surface area contributed by atoms with Gasteiger partial charge in [0.15, 0.2) is 0 Å². The van der Waals surface area contributed by atoms with Crippen molar-refractivity contribution in [2.75, 3.05) is 33.1 Å². The first-order valence-corrected chi connectivity index (χ1v) is 7.91. The Kier molecular flexibility index (Phi) is 4.27. The number of piperidine rings is 1. The second-order valence-electron chi connectivity index (χ2n) is 6.13. The van der Waals surface area contributed by atoms with E-state index in [0.29, 0.717) is 19.7 Å². The number of rotatable bonds is 3. The Labute approximate surface area is 105 Å². The highest BCUT2D eigenvalue weighted by atomic mass is 32.2. The zero-order valence-electron chi connectivity index (χ0n) is 11.6. The van der Waals surface area contributed by atoms with Gasteiger partial charge in [0.25, 0.3) is 0 Å². The highest BCUT2D eigenvalue weighted by Gasteiger charge is 2.45. The second-order valence-corrected chi connectivity index (χ2v) is 8.11. The quantitative estimate of drug-likeness (QED) is 0.779. The third-order valence-corrected chi connectivity index (χ3v) is 5.46. The fraction of sp³-hybridized carbons (Fsp3) is 1.00. The van der Waals surface area contributed by atoms with Gasteiger partial charge in [-0.3, -0.25) is 0 Å². The van der Waals surface area contributed by atoms with Crippen LogP contribution in [0.2, 0.25) is 0 Å². The van der Waals surface area contributed by atoms with Crippen LogP contribution in [0.15, 0.2) is 0 Å². The monoisotopic (exact) mass is 263 g/mol. The van der Waals surface area contributed by atoms with Crippen molar-refractivity contribution in [1.82, 2.24) is 4.31 Å². The summed E-state index contributed by atoms with van der Waals surface area (Å²) < 4.78 is 29.9. The van der Waals surface area contributed by atoms with Crippen LogP contribution in [0.25, 0.3) is 0 Å². The molecule has 0 amide bonds. The summed E-state index contributed by atoms with van der Waals surface area (Å²) in [6, 6.07) is 0. The van der Waals surface area contributed by atoms with Gasteiger partial charge >= 0.3 is 0 Å². The van der Waals surface area contributed by atoms with Crippen LogP contribution in [-0.4, -0.2) is 45.8 Å². The molecular formula is C12H25NO3S. The molecular weight excluding hydrogens is 238 g/mol. The summed E-state index contributed by atoms with van der Waals surface area (Å²) in [5.74, 6) is 0. The van der Waals surface area contributed by atoms with Crippen LogP contribution in [0.1, 0.15) is 33.6 Å². The van der Waals surface area contributed by atoms with E-state index in [4.69, 9.17) is 4.74 Å². The molecule has 5 heteroatoms. The number of hydrogen-bond acceptors (Lipinski definition) is 3. The number of methoxy groups -OCH3 is 1. The molecule has 1 aliphatic heterocycles. The lowest BCUT2D eigenvalue weighted by Gasteiger charge is -2.49. The van der Waals surface area contributed by atoms with E-state index in [1.165, 1.54) is 6.26 Å². The zero-order chi connectivity index (χ0) is 13.3. The van der Waals surface area contributed by atoms with E-state index < -0.39 is 10.0 Å². The predicted octanol–water partition coefficient (Wildman–Crippen LogP) is 1.72. The van der Waals surface area contributed by atoms with E-state index in [-0.39, 0.29) is 10.8 Å². The fourth-order valence-electron chi connectivity index (χ4n) is 2.63. The molecule has 0 N–H and O–H groups in total. The van der Waals surface area contributed by atoms with Crippen molar-refractivity contribution in [1.29, 1.82) is 0 Å². The molecule has 0 aliphatic carbocycles. The molecule has 0 aromatic rings. The van der Waals surface area contributed by atoms with Crippen molar-refractivity contribution in [3.8, 4) is 0 Å². The Morgan fingerprint density at radius 1 is 1.24 bits per heavy atom. The van der Waals surface area contributed by atoms with Crippen LogP contribution in [0, 0.1) is 10.8 Å². The van der Waals surface area contributed by atoms with Crippen molar-refractivity contribution >= 4 is 10.0 Å². The Bertz CT molecular complexity index is 348. The van der Waals surface area contributed by atoms with Gasteiger partial charge in [-0.05, 0) is 18.3 Å². The average molecular weight is 263 g/mol. The van der Waals surface area contributed by atoms with Crippen molar-refractivity contribution in [2.45, 2.75) is 33.6 Å². The maximum absolute atomic E-state index is 11.5. The highest BCUT2D eigenvalue weighted by molar-refractivity contribution is 7.88. The number of sulfonamides is 1. The van der Waals surface area contributed by atoms with Crippen molar-refractivity contribution < 1.29 is 13.2 Å². The summed E-state index contributed by atoms with van der Waals surface area (Å²) in [5.41, 5.74) is 0.218. The molecule has 1 fully saturated rings. The maximum Gasteiger partial charge on any atom is 0.211 e. The standard InChI is InChI=1S/C12H25NO3S/c1-11(2,3)12(10-16-4)6-8-13(9-7-12)17(5,14)15/h6-10H2,1-5H3. The molecule has 102 valence electrons. The lowest BCUT2D eigenvalue weighted by molar-refractivity contribution is -0.0412. The topological polar surface area (TPSA) is 46.6 Å². The molecule has 1 rings (SSSR count). The SMILES string of the molecule is COCC1(C(C)(C)C)CCN(S(C)(=O)=O)CC1. The summed E-state index contributed by atoms with van der Waals surface area (Å²) >= 11 is 0. The molecule has 0 bridgehead atoms. The highest BCUT2D eigenvalue weighted by Crippen LogP contribution is 2.47. The first-order valence-electron chi connectivity index (χ1n) is 6.06. The third-order valence-electron chi connectivity index (χ3n) is 4.16. The van der Waals surface area contributed by atoms with Gasteiger partial charge in [-0.15, -0.1) is 0 Å². The molecule has 1 heterocycles. The molecule has 0 aromatic carbocycles. The molecule has 4 nitrogen and oxygen atoms in total. The lowest BCUT2D eigenvalue weighted by Crippen LogP contribution is -2.50. The van der Waals surface area contributed by atoms with Crippen LogP contribution < -0.4 is 0 Å². The molecule has 0 atom stereocenters. The Balaban J connectivity index is 2.82. The van der Waals surface area contributed by atoms with Gasteiger partial charge in [0, 0.05) is 25.6 Å². The van der Waals surface area contributed by atoms with E-state index in [1.807, 2.05) is 0 Å². The van der Waals surface area contributed by atoms with Crippen LogP contribution in [0.5, 0.6) is 0 Å². The Hall–Kier alpha value is -0.130. The number of ether oxygens (including phenoxy) is 1. The third kappa shape index (κ3) is 3.20.